The third-order valence-corrected chi connectivity index (χ3v) is 6.85. The Morgan fingerprint density at radius 2 is 2.00 bits per heavy atom. The minimum absolute atomic E-state index is 0.211. The highest BCUT2D eigenvalue weighted by molar-refractivity contribution is 7.16. The maximum Gasteiger partial charge on any atom is 0.423 e. The van der Waals surface area contributed by atoms with Crippen LogP contribution in [-0.4, -0.2) is 30.8 Å². The van der Waals surface area contributed by atoms with Crippen LogP contribution in [0.4, 0.5) is 23.2 Å². The van der Waals surface area contributed by atoms with E-state index in [4.69, 9.17) is 0 Å². The third kappa shape index (κ3) is 5.01. The van der Waals surface area contributed by atoms with Crippen LogP contribution >= 0.6 is 11.3 Å². The van der Waals surface area contributed by atoms with Gasteiger partial charge in [-0.15, -0.1) is 11.3 Å². The van der Waals surface area contributed by atoms with Crippen LogP contribution < -0.4 is 16.4 Å². The molecule has 2 N–H and O–H groups in total. The van der Waals surface area contributed by atoms with Crippen molar-refractivity contribution >= 4 is 38.1 Å². The zero-order chi connectivity index (χ0) is 27.0. The van der Waals surface area contributed by atoms with E-state index in [0.29, 0.717) is 28.8 Å². The summed E-state index contributed by atoms with van der Waals surface area (Å²) in [4.78, 5) is 34.0. The predicted molar refractivity (Wildman–Crippen MR) is 137 cm³/mol. The number of hydrogen-bond donors (Lipinski definition) is 2. The summed E-state index contributed by atoms with van der Waals surface area (Å²) in [6.07, 6.45) is -1.48. The van der Waals surface area contributed by atoms with Crippen molar-refractivity contribution in [3.05, 3.63) is 80.3 Å². The van der Waals surface area contributed by atoms with Crippen molar-refractivity contribution in [3.8, 4) is 11.3 Å². The van der Waals surface area contributed by atoms with Crippen molar-refractivity contribution in [3.63, 3.8) is 0 Å². The zero-order valence-corrected chi connectivity index (χ0v) is 20.7. The van der Waals surface area contributed by atoms with Gasteiger partial charge in [0.1, 0.15) is 16.2 Å². The summed E-state index contributed by atoms with van der Waals surface area (Å²) >= 11 is 1.35. The second kappa shape index (κ2) is 9.97. The second-order valence-electron chi connectivity index (χ2n) is 8.78. The number of halogens is 4. The van der Waals surface area contributed by atoms with Gasteiger partial charge in [0.25, 0.3) is 11.1 Å². The van der Waals surface area contributed by atoms with E-state index in [9.17, 15) is 22.8 Å². The van der Waals surface area contributed by atoms with Gasteiger partial charge in [-0.3, -0.25) is 9.59 Å². The number of nitrogens with zero attached hydrogens (tertiary/aromatic N) is 4. The minimum atomic E-state index is -4.84. The fraction of sp³-hybridized carbons (Fsp3) is 0.240. The van der Waals surface area contributed by atoms with E-state index in [0.717, 1.165) is 11.7 Å². The molecular weight excluding hydrogens is 524 g/mol. The maximum atomic E-state index is 15.0. The summed E-state index contributed by atoms with van der Waals surface area (Å²) in [5.41, 5.74) is -0.349. The van der Waals surface area contributed by atoms with Gasteiger partial charge >= 0.3 is 6.18 Å². The molecule has 0 radical (unpaired) electrons. The Morgan fingerprint density at radius 3 is 2.79 bits per heavy atom. The average molecular weight is 545 g/mol. The number of pyridine rings is 2. The molecular formula is C25H20F4N6O2S. The number of anilines is 1. The van der Waals surface area contributed by atoms with Crippen molar-refractivity contribution in [2.24, 2.45) is 0 Å². The SMILES string of the molecule is C[C@@H](CCCn1ccc2cc(-c3ccc4ncsc4n3)c(F)cc2c1=O)Nc1cn[nH]c(=O)c1C(F)(F)F. The van der Waals surface area contributed by atoms with Crippen molar-refractivity contribution in [2.45, 2.75) is 38.5 Å². The molecule has 5 aromatic rings. The highest BCUT2D eigenvalue weighted by atomic mass is 32.1. The van der Waals surface area contributed by atoms with Crippen LogP contribution in [0, 0.1) is 5.82 Å². The minimum Gasteiger partial charge on any atom is -0.381 e. The lowest BCUT2D eigenvalue weighted by Crippen LogP contribution is -2.27. The Hall–Kier alpha value is -4.13. The second-order valence-corrected chi connectivity index (χ2v) is 9.61. The number of fused-ring (bicyclic) bond motifs is 2. The smallest absolute Gasteiger partial charge is 0.381 e. The summed E-state index contributed by atoms with van der Waals surface area (Å²) in [6.45, 7) is 1.94. The number of aromatic nitrogens is 5. The molecule has 4 aromatic heterocycles. The van der Waals surface area contributed by atoms with Crippen LogP contribution in [0.15, 0.2) is 57.8 Å². The lowest BCUT2D eigenvalue weighted by Gasteiger charge is -2.18. The number of alkyl halides is 3. The summed E-state index contributed by atoms with van der Waals surface area (Å²) in [6, 6.07) is 7.50. The molecule has 5 rings (SSSR count). The molecule has 38 heavy (non-hydrogen) atoms. The molecule has 0 amide bonds. The molecule has 0 saturated heterocycles. The van der Waals surface area contributed by atoms with Crippen molar-refractivity contribution in [2.75, 3.05) is 5.32 Å². The number of H-pyrrole nitrogens is 1. The first-order chi connectivity index (χ1) is 18.1. The third-order valence-electron chi connectivity index (χ3n) is 6.11. The van der Waals surface area contributed by atoms with Crippen molar-refractivity contribution in [1.82, 2.24) is 24.7 Å². The lowest BCUT2D eigenvalue weighted by molar-refractivity contribution is -0.138. The largest absolute Gasteiger partial charge is 0.423 e. The fourth-order valence-electron chi connectivity index (χ4n) is 4.27. The zero-order valence-electron chi connectivity index (χ0n) is 19.8. The molecule has 0 unspecified atom stereocenters. The van der Waals surface area contributed by atoms with Crippen LogP contribution in [0.1, 0.15) is 25.3 Å². The first-order valence-corrected chi connectivity index (χ1v) is 12.4. The molecule has 196 valence electrons. The summed E-state index contributed by atoms with van der Waals surface area (Å²) in [5.74, 6) is -0.575. The Balaban J connectivity index is 1.30. The maximum absolute atomic E-state index is 15.0. The van der Waals surface area contributed by atoms with Gasteiger partial charge in [-0.25, -0.2) is 19.5 Å². The van der Waals surface area contributed by atoms with E-state index in [1.807, 2.05) is 0 Å². The summed E-state index contributed by atoms with van der Waals surface area (Å²) in [5, 5.41) is 8.68. The van der Waals surface area contributed by atoms with E-state index in [2.05, 4.69) is 20.4 Å². The quantitative estimate of drug-likeness (QED) is 0.273. The lowest BCUT2D eigenvalue weighted by atomic mass is 10.0. The molecule has 0 bridgehead atoms. The molecule has 13 heteroatoms. The average Bonchev–Trinajstić information content (AvgIpc) is 3.33. The summed E-state index contributed by atoms with van der Waals surface area (Å²) in [7, 11) is 0. The van der Waals surface area contributed by atoms with Crippen molar-refractivity contribution in [1.29, 1.82) is 0 Å². The first kappa shape index (κ1) is 25.5. The van der Waals surface area contributed by atoms with Crippen molar-refractivity contribution < 1.29 is 17.6 Å². The van der Waals surface area contributed by atoms with Crippen LogP contribution in [0.3, 0.4) is 0 Å². The van der Waals surface area contributed by atoms with E-state index in [1.54, 1.807) is 48.0 Å². The summed E-state index contributed by atoms with van der Waals surface area (Å²) < 4.78 is 56.2. The van der Waals surface area contributed by atoms with E-state index in [-0.39, 0.29) is 23.1 Å². The van der Waals surface area contributed by atoms with E-state index in [1.165, 1.54) is 22.0 Å². The van der Waals surface area contributed by atoms with Gasteiger partial charge in [-0.05, 0) is 55.5 Å². The molecule has 8 nitrogen and oxygen atoms in total. The standard InChI is InChI=1S/C25H20F4N6O2S/c1-13(32-20-11-31-34-22(36)21(20)25(27,28)29)3-2-7-35-8-6-14-9-16(17(26)10-15(14)24(35)37)18-4-5-19-23(33-18)38-12-30-19/h4-6,8-13H,2-3,7H2,1H3,(H2,32,34,36)/t13-/m0/s1. The molecule has 0 aliphatic rings. The van der Waals surface area contributed by atoms with Gasteiger partial charge in [-0.2, -0.15) is 18.3 Å². The highest BCUT2D eigenvalue weighted by Crippen LogP contribution is 2.32. The van der Waals surface area contributed by atoms with Gasteiger partial charge in [0.2, 0.25) is 0 Å². The topological polar surface area (TPSA) is 106 Å². The molecule has 4 heterocycles. The Morgan fingerprint density at radius 1 is 1.18 bits per heavy atom. The Kier molecular flexibility index (Phi) is 6.69. The molecule has 0 aliphatic carbocycles. The fourth-order valence-corrected chi connectivity index (χ4v) is 4.93. The number of aromatic amines is 1. The monoisotopic (exact) mass is 544 g/mol. The number of rotatable bonds is 7. The van der Waals surface area contributed by atoms with Crippen LogP contribution in [0.2, 0.25) is 0 Å². The number of aryl methyl sites for hydroxylation is 1. The highest BCUT2D eigenvalue weighted by Gasteiger charge is 2.37. The van der Waals surface area contributed by atoms with Crippen LogP contribution in [0.25, 0.3) is 32.4 Å². The van der Waals surface area contributed by atoms with Crippen LogP contribution in [-0.2, 0) is 12.7 Å². The van der Waals surface area contributed by atoms with E-state index >= 15 is 4.39 Å². The number of benzene rings is 1. The van der Waals surface area contributed by atoms with E-state index < -0.39 is 34.8 Å². The molecule has 0 fully saturated rings. The van der Waals surface area contributed by atoms with Gasteiger partial charge in [0.05, 0.1) is 34.0 Å². The number of thiazole rings is 1. The Labute approximate surface area is 216 Å². The van der Waals surface area contributed by atoms with Gasteiger partial charge in [0, 0.05) is 24.3 Å². The van der Waals surface area contributed by atoms with Gasteiger partial charge < -0.3 is 9.88 Å². The molecule has 1 aromatic carbocycles. The Bertz CT molecular complexity index is 1760. The normalized spacial score (nSPS) is 12.8. The van der Waals surface area contributed by atoms with Gasteiger partial charge in [0.15, 0.2) is 0 Å². The molecule has 0 aliphatic heterocycles. The number of hydrogen-bond acceptors (Lipinski definition) is 7. The molecule has 0 saturated carbocycles. The molecule has 0 spiro atoms. The van der Waals surface area contributed by atoms with Crippen LogP contribution in [0.5, 0.6) is 0 Å². The number of nitrogens with one attached hydrogen (secondary N) is 2. The first-order valence-electron chi connectivity index (χ1n) is 11.6. The van der Waals surface area contributed by atoms with Gasteiger partial charge in [-0.1, -0.05) is 0 Å². The molecule has 1 atom stereocenters. The predicted octanol–water partition coefficient (Wildman–Crippen LogP) is 5.20.